The van der Waals surface area contributed by atoms with Crippen molar-refractivity contribution in [2.45, 2.75) is 11.5 Å². The van der Waals surface area contributed by atoms with Crippen molar-refractivity contribution < 1.29 is 19.1 Å². The average Bonchev–Trinajstić information content (AvgIpc) is 2.94. The van der Waals surface area contributed by atoms with Crippen molar-refractivity contribution in [1.29, 1.82) is 0 Å². The van der Waals surface area contributed by atoms with E-state index in [-0.39, 0.29) is 17.5 Å². The van der Waals surface area contributed by atoms with Gasteiger partial charge in [-0.05, 0) is 29.6 Å². The lowest BCUT2D eigenvalue weighted by molar-refractivity contribution is -0.137. The third-order valence-electron chi connectivity index (χ3n) is 3.12. The number of rotatable bonds is 3. The van der Waals surface area contributed by atoms with Gasteiger partial charge in [0.25, 0.3) is 0 Å². The first kappa shape index (κ1) is 14.2. The summed E-state index contributed by atoms with van der Waals surface area (Å²) in [5.41, 5.74) is 1.47. The maximum absolute atomic E-state index is 12.6. The van der Waals surface area contributed by atoms with Gasteiger partial charge in [-0.25, -0.2) is 0 Å². The van der Waals surface area contributed by atoms with Gasteiger partial charge in [-0.3, -0.25) is 9.59 Å². The second-order valence-corrected chi connectivity index (χ2v) is 6.38. The summed E-state index contributed by atoms with van der Waals surface area (Å²) in [6.07, 6.45) is 0. The van der Waals surface area contributed by atoms with Crippen molar-refractivity contribution in [3.8, 4) is 5.75 Å². The summed E-state index contributed by atoms with van der Waals surface area (Å²) in [6, 6.07) is 7.32. The number of carbonyl (C=O) groups is 2. The zero-order valence-corrected chi connectivity index (χ0v) is 12.9. The van der Waals surface area contributed by atoms with E-state index in [0.717, 1.165) is 15.3 Å². The molecule has 2 aromatic rings. The fourth-order valence-corrected chi connectivity index (χ4v) is 3.66. The standard InChI is InChI=1S/C15H12O4S2/c1-18-13(16)8-21-10-2-3-12-11(6-10)14(17)15-9(7-19-12)4-5-20-15/h2-6H,7-8H2,1H3. The first-order valence-corrected chi connectivity index (χ1v) is 8.13. The number of esters is 1. The number of methoxy groups -OCH3 is 1. The fourth-order valence-electron chi connectivity index (χ4n) is 2.03. The van der Waals surface area contributed by atoms with Crippen LogP contribution in [-0.4, -0.2) is 24.6 Å². The maximum Gasteiger partial charge on any atom is 0.315 e. The molecule has 0 bridgehead atoms. The summed E-state index contributed by atoms with van der Waals surface area (Å²) in [5.74, 6) is 0.492. The van der Waals surface area contributed by atoms with Crippen molar-refractivity contribution in [3.05, 3.63) is 45.6 Å². The highest BCUT2D eigenvalue weighted by Crippen LogP contribution is 2.33. The van der Waals surface area contributed by atoms with Crippen LogP contribution in [0.1, 0.15) is 20.8 Å². The smallest absolute Gasteiger partial charge is 0.315 e. The molecule has 0 unspecified atom stereocenters. The van der Waals surface area contributed by atoms with Crippen molar-refractivity contribution in [1.82, 2.24) is 0 Å². The third kappa shape index (κ3) is 2.82. The Labute approximate surface area is 130 Å². The van der Waals surface area contributed by atoms with Gasteiger partial charge in [0, 0.05) is 10.5 Å². The zero-order chi connectivity index (χ0) is 14.8. The van der Waals surface area contributed by atoms with Gasteiger partial charge in [-0.2, -0.15) is 0 Å². The van der Waals surface area contributed by atoms with Crippen LogP contribution in [0.3, 0.4) is 0 Å². The molecule has 0 N–H and O–H groups in total. The van der Waals surface area contributed by atoms with Crippen molar-refractivity contribution in [2.24, 2.45) is 0 Å². The second-order valence-electron chi connectivity index (χ2n) is 4.42. The van der Waals surface area contributed by atoms with Crippen LogP contribution in [0.4, 0.5) is 0 Å². The van der Waals surface area contributed by atoms with Gasteiger partial charge in [0.15, 0.2) is 0 Å². The Kier molecular flexibility index (Phi) is 3.98. The van der Waals surface area contributed by atoms with E-state index in [4.69, 9.17) is 4.74 Å². The van der Waals surface area contributed by atoms with E-state index in [1.807, 2.05) is 17.5 Å². The molecule has 1 aliphatic rings. The van der Waals surface area contributed by atoms with Crippen molar-refractivity contribution >= 4 is 34.9 Å². The second kappa shape index (κ2) is 5.91. The molecule has 0 atom stereocenters. The summed E-state index contributed by atoms with van der Waals surface area (Å²) in [4.78, 5) is 25.3. The lowest BCUT2D eigenvalue weighted by atomic mass is 10.1. The molecule has 1 aromatic heterocycles. The van der Waals surface area contributed by atoms with Gasteiger partial charge in [0.1, 0.15) is 12.4 Å². The number of hydrogen-bond acceptors (Lipinski definition) is 6. The van der Waals surface area contributed by atoms with Crippen LogP contribution < -0.4 is 4.74 Å². The summed E-state index contributed by atoms with van der Waals surface area (Å²) in [6.45, 7) is 0.409. The van der Waals surface area contributed by atoms with Gasteiger partial charge < -0.3 is 9.47 Å². The molecule has 1 aromatic carbocycles. The number of hydrogen-bond donors (Lipinski definition) is 0. The number of thioether (sulfide) groups is 1. The molecule has 3 rings (SSSR count). The van der Waals surface area contributed by atoms with E-state index in [1.165, 1.54) is 30.2 Å². The van der Waals surface area contributed by atoms with E-state index in [0.29, 0.717) is 17.9 Å². The predicted octanol–water partition coefficient (Wildman–Crippen LogP) is 3.14. The molecule has 0 aliphatic carbocycles. The molecule has 6 heteroatoms. The van der Waals surface area contributed by atoms with Gasteiger partial charge >= 0.3 is 5.97 Å². The minimum atomic E-state index is -0.293. The van der Waals surface area contributed by atoms with Gasteiger partial charge in [-0.15, -0.1) is 23.1 Å². The van der Waals surface area contributed by atoms with Crippen molar-refractivity contribution in [2.75, 3.05) is 12.9 Å². The van der Waals surface area contributed by atoms with Gasteiger partial charge in [0.2, 0.25) is 5.78 Å². The largest absolute Gasteiger partial charge is 0.488 e. The predicted molar refractivity (Wildman–Crippen MR) is 81.3 cm³/mol. The van der Waals surface area contributed by atoms with Crippen LogP contribution in [0, 0.1) is 0 Å². The molecule has 4 nitrogen and oxygen atoms in total. The Bertz CT molecular complexity index is 705. The SMILES string of the molecule is COC(=O)CSc1ccc2c(c1)C(=O)c1sccc1CO2. The number of ketones is 1. The van der Waals surface area contributed by atoms with Crippen LogP contribution >= 0.6 is 23.1 Å². The highest BCUT2D eigenvalue weighted by molar-refractivity contribution is 8.00. The van der Waals surface area contributed by atoms with Crippen LogP contribution in [0.5, 0.6) is 5.75 Å². The highest BCUT2D eigenvalue weighted by Gasteiger charge is 2.23. The van der Waals surface area contributed by atoms with Crippen LogP contribution in [0.2, 0.25) is 0 Å². The van der Waals surface area contributed by atoms with Crippen LogP contribution in [0.15, 0.2) is 34.5 Å². The molecular formula is C15H12O4S2. The Morgan fingerprint density at radius 1 is 1.43 bits per heavy atom. The molecule has 2 heterocycles. The Morgan fingerprint density at radius 3 is 3.10 bits per heavy atom. The number of fused-ring (bicyclic) bond motifs is 2. The number of ether oxygens (including phenoxy) is 2. The molecule has 0 radical (unpaired) electrons. The monoisotopic (exact) mass is 320 g/mol. The molecule has 0 fully saturated rings. The Balaban J connectivity index is 1.90. The molecular weight excluding hydrogens is 308 g/mol. The van der Waals surface area contributed by atoms with E-state index < -0.39 is 0 Å². The normalized spacial score (nSPS) is 12.9. The Hall–Kier alpha value is -1.79. The van der Waals surface area contributed by atoms with E-state index in [1.54, 1.807) is 12.1 Å². The summed E-state index contributed by atoms with van der Waals surface area (Å²) < 4.78 is 10.3. The molecule has 0 amide bonds. The maximum atomic E-state index is 12.6. The third-order valence-corrected chi connectivity index (χ3v) is 5.04. The zero-order valence-electron chi connectivity index (χ0n) is 11.3. The fraction of sp³-hybridized carbons (Fsp3) is 0.200. The van der Waals surface area contributed by atoms with Gasteiger partial charge in [0.05, 0.1) is 23.3 Å². The summed E-state index contributed by atoms with van der Waals surface area (Å²) in [5, 5.41) is 1.90. The molecule has 0 saturated carbocycles. The highest BCUT2D eigenvalue weighted by atomic mass is 32.2. The van der Waals surface area contributed by atoms with Crippen molar-refractivity contribution in [3.63, 3.8) is 0 Å². The van der Waals surface area contributed by atoms with E-state index in [9.17, 15) is 9.59 Å². The van der Waals surface area contributed by atoms with Crippen LogP contribution in [-0.2, 0) is 16.1 Å². The minimum Gasteiger partial charge on any atom is -0.488 e. The van der Waals surface area contributed by atoms with Gasteiger partial charge in [-0.1, -0.05) is 0 Å². The molecule has 0 spiro atoms. The lowest BCUT2D eigenvalue weighted by Gasteiger charge is -2.08. The number of thiophene rings is 1. The van der Waals surface area contributed by atoms with E-state index in [2.05, 4.69) is 4.74 Å². The number of benzene rings is 1. The first-order valence-electron chi connectivity index (χ1n) is 6.26. The molecule has 1 aliphatic heterocycles. The lowest BCUT2D eigenvalue weighted by Crippen LogP contribution is -2.03. The molecule has 21 heavy (non-hydrogen) atoms. The molecule has 108 valence electrons. The topological polar surface area (TPSA) is 52.6 Å². The minimum absolute atomic E-state index is 0.0204. The van der Waals surface area contributed by atoms with Crippen LogP contribution in [0.25, 0.3) is 0 Å². The number of carbonyl (C=O) groups excluding carboxylic acids is 2. The van der Waals surface area contributed by atoms with E-state index >= 15 is 0 Å². The first-order chi connectivity index (χ1) is 10.2. The summed E-state index contributed by atoms with van der Waals surface area (Å²) >= 11 is 2.77. The Morgan fingerprint density at radius 2 is 2.29 bits per heavy atom. The summed E-state index contributed by atoms with van der Waals surface area (Å²) in [7, 11) is 1.36. The average molecular weight is 320 g/mol. The molecule has 0 saturated heterocycles. The quantitative estimate of drug-likeness (QED) is 0.642.